The Balaban J connectivity index is 0.00000112. The van der Waals surface area contributed by atoms with E-state index in [1.54, 1.807) is 11.3 Å². The lowest BCUT2D eigenvalue weighted by molar-refractivity contribution is 0.203. The summed E-state index contributed by atoms with van der Waals surface area (Å²) < 4.78 is 0. The van der Waals surface area contributed by atoms with Gasteiger partial charge >= 0.3 is 0 Å². The summed E-state index contributed by atoms with van der Waals surface area (Å²) in [6.07, 6.45) is 2.39. The van der Waals surface area contributed by atoms with Crippen LogP contribution in [-0.4, -0.2) is 24.0 Å². The summed E-state index contributed by atoms with van der Waals surface area (Å²) in [6.45, 7) is 3.20. The molecule has 2 N–H and O–H groups in total. The zero-order valence-electron chi connectivity index (χ0n) is 8.49. The van der Waals surface area contributed by atoms with Crippen LogP contribution in [0.5, 0.6) is 0 Å². The van der Waals surface area contributed by atoms with Crippen LogP contribution in [0, 0.1) is 0 Å². The van der Waals surface area contributed by atoms with Crippen molar-refractivity contribution in [2.75, 3.05) is 13.1 Å². The van der Waals surface area contributed by atoms with E-state index in [4.69, 9.17) is 17.3 Å². The minimum atomic E-state index is 0. The molecule has 1 aliphatic rings. The second-order valence-electron chi connectivity index (χ2n) is 3.87. The predicted octanol–water partition coefficient (Wildman–Crippen LogP) is 2.75. The van der Waals surface area contributed by atoms with E-state index in [-0.39, 0.29) is 12.4 Å². The number of piperidine rings is 1. The van der Waals surface area contributed by atoms with Gasteiger partial charge in [-0.1, -0.05) is 11.6 Å². The number of likely N-dealkylation sites (tertiary alicyclic amines) is 1. The molecule has 0 radical (unpaired) electrons. The van der Waals surface area contributed by atoms with Gasteiger partial charge in [0.15, 0.2) is 0 Å². The second kappa shape index (κ2) is 6.06. The van der Waals surface area contributed by atoms with Gasteiger partial charge < -0.3 is 5.73 Å². The minimum Gasteiger partial charge on any atom is -0.327 e. The molecule has 1 aliphatic heterocycles. The van der Waals surface area contributed by atoms with Crippen LogP contribution in [0.4, 0.5) is 0 Å². The Kier molecular flexibility index (Phi) is 5.36. The van der Waals surface area contributed by atoms with Crippen LogP contribution < -0.4 is 5.73 Å². The van der Waals surface area contributed by atoms with Crippen molar-refractivity contribution >= 4 is 35.3 Å². The van der Waals surface area contributed by atoms with Gasteiger partial charge in [0.25, 0.3) is 0 Å². The van der Waals surface area contributed by atoms with Gasteiger partial charge in [-0.25, -0.2) is 0 Å². The molecule has 1 fully saturated rings. The number of nitrogens with two attached hydrogens (primary N) is 1. The largest absolute Gasteiger partial charge is 0.327 e. The molecule has 2 nitrogen and oxygen atoms in total. The van der Waals surface area contributed by atoms with Gasteiger partial charge in [0.2, 0.25) is 0 Å². The first kappa shape index (κ1) is 13.3. The zero-order chi connectivity index (χ0) is 9.97. The topological polar surface area (TPSA) is 29.3 Å². The number of nitrogens with zero attached hydrogens (tertiary/aromatic N) is 1. The molecule has 1 aromatic rings. The van der Waals surface area contributed by atoms with E-state index < -0.39 is 0 Å². The molecule has 0 aromatic carbocycles. The molecular formula is C10H16Cl2N2S. The van der Waals surface area contributed by atoms with Crippen LogP contribution in [0.3, 0.4) is 0 Å². The fraction of sp³-hybridized carbons (Fsp3) is 0.600. The monoisotopic (exact) mass is 266 g/mol. The van der Waals surface area contributed by atoms with Crippen molar-refractivity contribution in [3.63, 3.8) is 0 Å². The van der Waals surface area contributed by atoms with Crippen molar-refractivity contribution in [3.8, 4) is 0 Å². The molecule has 1 saturated heterocycles. The Morgan fingerprint density at radius 3 is 3.00 bits per heavy atom. The smallest absolute Gasteiger partial charge is 0.0516 e. The van der Waals surface area contributed by atoms with E-state index in [0.29, 0.717) is 6.04 Å². The molecule has 1 atom stereocenters. The van der Waals surface area contributed by atoms with E-state index in [2.05, 4.69) is 4.90 Å². The normalized spacial score (nSPS) is 22.4. The number of rotatable bonds is 2. The van der Waals surface area contributed by atoms with Crippen molar-refractivity contribution in [2.45, 2.75) is 25.4 Å². The maximum atomic E-state index is 5.92. The molecule has 1 aromatic heterocycles. The van der Waals surface area contributed by atoms with Crippen molar-refractivity contribution in [2.24, 2.45) is 5.73 Å². The van der Waals surface area contributed by atoms with Gasteiger partial charge in [-0.2, -0.15) is 0 Å². The van der Waals surface area contributed by atoms with E-state index in [1.807, 2.05) is 11.4 Å². The van der Waals surface area contributed by atoms with Crippen molar-refractivity contribution in [1.29, 1.82) is 0 Å². The molecule has 0 saturated carbocycles. The van der Waals surface area contributed by atoms with Crippen LogP contribution in [0.1, 0.15) is 17.7 Å². The molecule has 2 heterocycles. The molecule has 0 spiro atoms. The van der Waals surface area contributed by atoms with Crippen molar-refractivity contribution in [3.05, 3.63) is 21.3 Å². The number of halogens is 2. The fourth-order valence-corrected chi connectivity index (χ4v) is 3.01. The van der Waals surface area contributed by atoms with Gasteiger partial charge in [-0.3, -0.25) is 4.90 Å². The Morgan fingerprint density at radius 2 is 2.40 bits per heavy atom. The van der Waals surface area contributed by atoms with E-state index in [9.17, 15) is 0 Å². The summed E-state index contributed by atoms with van der Waals surface area (Å²) in [5, 5.41) is 2.84. The number of thiophene rings is 1. The van der Waals surface area contributed by atoms with Crippen molar-refractivity contribution in [1.82, 2.24) is 4.90 Å². The zero-order valence-corrected chi connectivity index (χ0v) is 10.9. The maximum absolute atomic E-state index is 5.92. The molecular weight excluding hydrogens is 251 g/mol. The van der Waals surface area contributed by atoms with Gasteiger partial charge in [0.05, 0.1) is 5.02 Å². The molecule has 0 bridgehead atoms. The highest BCUT2D eigenvalue weighted by Gasteiger charge is 2.16. The Hall–Kier alpha value is 0.200. The first-order chi connectivity index (χ1) is 6.74. The van der Waals surface area contributed by atoms with E-state index >= 15 is 0 Å². The quantitative estimate of drug-likeness (QED) is 0.892. The lowest BCUT2D eigenvalue weighted by Crippen LogP contribution is -2.42. The number of hydrogen-bond donors (Lipinski definition) is 1. The van der Waals surface area contributed by atoms with Gasteiger partial charge in [0.1, 0.15) is 0 Å². The molecule has 0 aliphatic carbocycles. The van der Waals surface area contributed by atoms with Gasteiger partial charge in [-0.15, -0.1) is 23.7 Å². The lowest BCUT2D eigenvalue weighted by Gasteiger charge is -2.30. The minimum absolute atomic E-state index is 0. The molecule has 15 heavy (non-hydrogen) atoms. The second-order valence-corrected chi connectivity index (χ2v) is 5.30. The van der Waals surface area contributed by atoms with Gasteiger partial charge in [0, 0.05) is 29.4 Å². The summed E-state index contributed by atoms with van der Waals surface area (Å²) in [7, 11) is 0. The molecule has 0 amide bonds. The highest BCUT2D eigenvalue weighted by atomic mass is 35.5. The van der Waals surface area contributed by atoms with Gasteiger partial charge in [-0.05, 0) is 25.5 Å². The average molecular weight is 267 g/mol. The summed E-state index contributed by atoms with van der Waals surface area (Å²) in [5.74, 6) is 0. The molecule has 2 rings (SSSR count). The third-order valence-corrected chi connectivity index (χ3v) is 3.81. The van der Waals surface area contributed by atoms with Crippen LogP contribution in [0.25, 0.3) is 0 Å². The van der Waals surface area contributed by atoms with E-state index in [1.165, 1.54) is 24.3 Å². The first-order valence-electron chi connectivity index (χ1n) is 4.95. The van der Waals surface area contributed by atoms with Crippen LogP contribution in [-0.2, 0) is 6.54 Å². The van der Waals surface area contributed by atoms with Crippen LogP contribution >= 0.6 is 35.3 Å². The van der Waals surface area contributed by atoms with E-state index in [0.717, 1.165) is 18.1 Å². The first-order valence-corrected chi connectivity index (χ1v) is 6.20. The molecule has 86 valence electrons. The fourth-order valence-electron chi connectivity index (χ4n) is 1.89. The highest BCUT2D eigenvalue weighted by molar-refractivity contribution is 7.10. The molecule has 1 unspecified atom stereocenters. The van der Waals surface area contributed by atoms with Crippen LogP contribution in [0.2, 0.25) is 5.02 Å². The van der Waals surface area contributed by atoms with Crippen molar-refractivity contribution < 1.29 is 0 Å². The summed E-state index contributed by atoms with van der Waals surface area (Å²) in [6, 6.07) is 2.41. The SMILES string of the molecule is Cl.NC1CCCN(Cc2cc(Cl)cs2)C1. The third-order valence-electron chi connectivity index (χ3n) is 2.54. The summed E-state index contributed by atoms with van der Waals surface area (Å²) >= 11 is 7.60. The maximum Gasteiger partial charge on any atom is 0.0516 e. The average Bonchev–Trinajstić information content (AvgIpc) is 2.51. The van der Waals surface area contributed by atoms with Crippen LogP contribution in [0.15, 0.2) is 11.4 Å². The Labute approximate surface area is 106 Å². The lowest BCUT2D eigenvalue weighted by atomic mass is 10.1. The molecule has 5 heteroatoms. The summed E-state index contributed by atoms with van der Waals surface area (Å²) in [5.41, 5.74) is 5.92. The predicted molar refractivity (Wildman–Crippen MR) is 69.1 cm³/mol. The Bertz CT molecular complexity index is 303. The number of hydrogen-bond acceptors (Lipinski definition) is 3. The Morgan fingerprint density at radius 1 is 1.60 bits per heavy atom. The standard InChI is InChI=1S/C10H15ClN2S.ClH/c11-8-4-10(14-7-8)6-13-3-1-2-9(12)5-13;/h4,7,9H,1-3,5-6,12H2;1H. The summed E-state index contributed by atoms with van der Waals surface area (Å²) in [4.78, 5) is 3.75. The highest BCUT2D eigenvalue weighted by Crippen LogP contribution is 2.21. The third kappa shape index (κ3) is 3.93.